The number of nitrogens with zero attached hydrogens (tertiary/aromatic N) is 5. The summed E-state index contributed by atoms with van der Waals surface area (Å²) in [5, 5.41) is 13.1. The zero-order valence-electron chi connectivity index (χ0n) is 15.0. The van der Waals surface area contributed by atoms with E-state index in [0.29, 0.717) is 17.0 Å². The van der Waals surface area contributed by atoms with Crippen LogP contribution in [0.1, 0.15) is 48.6 Å². The highest BCUT2D eigenvalue weighted by atomic mass is 16.2. The van der Waals surface area contributed by atoms with Crippen LogP contribution in [0.25, 0.3) is 5.65 Å². The average molecular weight is 358 g/mol. The van der Waals surface area contributed by atoms with Gasteiger partial charge in [0.1, 0.15) is 5.56 Å². The summed E-state index contributed by atoms with van der Waals surface area (Å²) in [4.78, 5) is 32.8. The Hall–Kier alpha value is -3.01. The van der Waals surface area contributed by atoms with E-state index in [1.54, 1.807) is 17.6 Å². The molecule has 3 aromatic heterocycles. The smallest absolute Gasteiger partial charge is 0.340 e. The molecule has 3 heterocycles. The van der Waals surface area contributed by atoms with Gasteiger partial charge in [0.05, 0.1) is 12.2 Å². The fourth-order valence-electron chi connectivity index (χ4n) is 2.69. The molecule has 3 rings (SSSR count). The Labute approximate surface area is 149 Å². The fraction of sp³-hybridized carbons (Fsp3) is 0.438. The maximum atomic E-state index is 12.5. The Kier molecular flexibility index (Phi) is 5.12. The van der Waals surface area contributed by atoms with Gasteiger partial charge in [0.2, 0.25) is 0 Å². The largest absolute Gasteiger partial charge is 0.342 e. The highest BCUT2D eigenvalue weighted by Crippen LogP contribution is 2.12. The third kappa shape index (κ3) is 3.64. The van der Waals surface area contributed by atoms with E-state index in [-0.39, 0.29) is 5.91 Å². The summed E-state index contributed by atoms with van der Waals surface area (Å²) in [6.45, 7) is 8.63. The van der Waals surface area contributed by atoms with E-state index < -0.39 is 11.7 Å². The molecule has 0 spiro atoms. The molecule has 0 bridgehead atoms. The van der Waals surface area contributed by atoms with Crippen molar-refractivity contribution in [3.63, 3.8) is 0 Å². The number of aromatic nitrogens is 6. The Morgan fingerprint density at radius 2 is 2.12 bits per heavy atom. The first-order valence-electron chi connectivity index (χ1n) is 8.51. The minimum absolute atomic E-state index is 0.333. The van der Waals surface area contributed by atoms with Gasteiger partial charge in [-0.15, -0.1) is 0 Å². The van der Waals surface area contributed by atoms with Crippen molar-refractivity contribution in [3.05, 3.63) is 46.0 Å². The Morgan fingerprint density at radius 3 is 2.77 bits per heavy atom. The second-order valence-corrected chi connectivity index (χ2v) is 6.01. The van der Waals surface area contributed by atoms with Crippen LogP contribution in [0.5, 0.6) is 0 Å². The second kappa shape index (κ2) is 7.48. The van der Waals surface area contributed by atoms with Crippen LogP contribution in [-0.4, -0.2) is 53.7 Å². The molecule has 1 atom stereocenters. The Morgan fingerprint density at radius 1 is 1.35 bits per heavy atom. The maximum Gasteiger partial charge on any atom is 0.340 e. The molecule has 0 aliphatic heterocycles. The lowest BCUT2D eigenvalue weighted by Gasteiger charge is -2.17. The van der Waals surface area contributed by atoms with Gasteiger partial charge in [0.15, 0.2) is 11.5 Å². The van der Waals surface area contributed by atoms with Gasteiger partial charge in [-0.05, 0) is 20.0 Å². The van der Waals surface area contributed by atoms with Crippen LogP contribution in [0.4, 0.5) is 0 Å². The lowest BCUT2D eigenvalue weighted by Crippen LogP contribution is -2.27. The maximum absolute atomic E-state index is 12.5. The SMILES string of the molecule is CCN(CC)Cc1cnc2c(C(=O)N[C@@H](C)c3n[nH]c(=O)[nH]3)cnn2c1. The molecule has 138 valence electrons. The molecule has 1 amide bonds. The summed E-state index contributed by atoms with van der Waals surface area (Å²) >= 11 is 0. The number of H-pyrrole nitrogens is 2. The molecule has 0 radical (unpaired) electrons. The van der Waals surface area contributed by atoms with Gasteiger partial charge in [-0.3, -0.25) is 14.7 Å². The van der Waals surface area contributed by atoms with E-state index in [1.165, 1.54) is 6.20 Å². The first-order chi connectivity index (χ1) is 12.5. The van der Waals surface area contributed by atoms with Crippen LogP contribution in [0.15, 0.2) is 23.4 Å². The Balaban J connectivity index is 1.77. The van der Waals surface area contributed by atoms with Gasteiger partial charge >= 0.3 is 5.69 Å². The van der Waals surface area contributed by atoms with E-state index in [0.717, 1.165) is 25.2 Å². The van der Waals surface area contributed by atoms with Gasteiger partial charge in [-0.2, -0.15) is 10.2 Å². The summed E-state index contributed by atoms with van der Waals surface area (Å²) in [5.74, 6) is 0.0228. The van der Waals surface area contributed by atoms with Crippen molar-refractivity contribution < 1.29 is 4.79 Å². The quantitative estimate of drug-likeness (QED) is 0.564. The number of rotatable bonds is 7. The second-order valence-electron chi connectivity index (χ2n) is 6.01. The molecule has 0 fully saturated rings. The van der Waals surface area contributed by atoms with Gasteiger partial charge < -0.3 is 5.32 Å². The molecule has 0 saturated carbocycles. The van der Waals surface area contributed by atoms with Crippen molar-refractivity contribution >= 4 is 11.6 Å². The van der Waals surface area contributed by atoms with Crippen molar-refractivity contribution in [2.24, 2.45) is 0 Å². The van der Waals surface area contributed by atoms with Crippen molar-refractivity contribution in [2.45, 2.75) is 33.4 Å². The summed E-state index contributed by atoms with van der Waals surface area (Å²) in [5.41, 5.74) is 1.45. The average Bonchev–Trinajstić information content (AvgIpc) is 3.25. The van der Waals surface area contributed by atoms with E-state index in [4.69, 9.17) is 0 Å². The van der Waals surface area contributed by atoms with Crippen molar-refractivity contribution in [2.75, 3.05) is 13.1 Å². The first-order valence-corrected chi connectivity index (χ1v) is 8.51. The molecule has 10 heteroatoms. The first kappa shape index (κ1) is 17.8. The van der Waals surface area contributed by atoms with Crippen LogP contribution in [0.2, 0.25) is 0 Å². The molecule has 3 aromatic rings. The predicted octanol–water partition coefficient (Wildman–Crippen LogP) is 0.474. The molecule has 0 aliphatic rings. The van der Waals surface area contributed by atoms with Crippen LogP contribution < -0.4 is 11.0 Å². The molecular formula is C16H22N8O2. The van der Waals surface area contributed by atoms with E-state index in [9.17, 15) is 9.59 Å². The summed E-state index contributed by atoms with van der Waals surface area (Å²) in [6, 6.07) is -0.460. The van der Waals surface area contributed by atoms with Crippen LogP contribution in [-0.2, 0) is 6.54 Å². The number of hydrogen-bond donors (Lipinski definition) is 3. The molecule has 0 aromatic carbocycles. The molecule has 3 N–H and O–H groups in total. The standard InChI is InChI=1S/C16H22N8O2/c1-4-23(5-2)8-11-6-17-14-12(7-18-24(14)9-11)15(25)19-10(3)13-20-16(26)22-21-13/h6-7,9-10H,4-5,8H2,1-3H3,(H,19,25)(H2,20,21,22,26)/t10-/m0/s1. The predicted molar refractivity (Wildman–Crippen MR) is 94.7 cm³/mol. The third-order valence-corrected chi connectivity index (χ3v) is 4.23. The van der Waals surface area contributed by atoms with Crippen LogP contribution >= 0.6 is 0 Å². The summed E-state index contributed by atoms with van der Waals surface area (Å²) in [7, 11) is 0. The van der Waals surface area contributed by atoms with Crippen molar-refractivity contribution in [3.8, 4) is 0 Å². The zero-order chi connectivity index (χ0) is 18.7. The number of fused-ring (bicyclic) bond motifs is 1. The number of aromatic amines is 2. The lowest BCUT2D eigenvalue weighted by atomic mass is 10.2. The monoisotopic (exact) mass is 358 g/mol. The Bertz CT molecular complexity index is 952. The van der Waals surface area contributed by atoms with Crippen LogP contribution in [0, 0.1) is 0 Å². The number of carbonyl (C=O) groups is 1. The lowest BCUT2D eigenvalue weighted by molar-refractivity contribution is 0.0940. The highest BCUT2D eigenvalue weighted by molar-refractivity contribution is 5.99. The molecule has 0 saturated heterocycles. The van der Waals surface area contributed by atoms with Crippen LogP contribution in [0.3, 0.4) is 0 Å². The van der Waals surface area contributed by atoms with Gasteiger partial charge in [0.25, 0.3) is 5.91 Å². The van der Waals surface area contributed by atoms with Crippen molar-refractivity contribution in [1.29, 1.82) is 0 Å². The van der Waals surface area contributed by atoms with E-state index in [1.807, 2.05) is 6.20 Å². The number of carbonyl (C=O) groups excluding carboxylic acids is 1. The highest BCUT2D eigenvalue weighted by Gasteiger charge is 2.18. The van der Waals surface area contributed by atoms with E-state index in [2.05, 4.69) is 49.3 Å². The molecular weight excluding hydrogens is 336 g/mol. The normalized spacial score (nSPS) is 12.6. The van der Waals surface area contributed by atoms with E-state index >= 15 is 0 Å². The summed E-state index contributed by atoms with van der Waals surface area (Å²) < 4.78 is 1.61. The third-order valence-electron chi connectivity index (χ3n) is 4.23. The minimum Gasteiger partial charge on any atom is -0.342 e. The minimum atomic E-state index is -0.460. The molecule has 0 aliphatic carbocycles. The molecule has 10 nitrogen and oxygen atoms in total. The number of amides is 1. The zero-order valence-corrected chi connectivity index (χ0v) is 15.0. The van der Waals surface area contributed by atoms with Gasteiger partial charge in [-0.1, -0.05) is 13.8 Å². The van der Waals surface area contributed by atoms with Crippen molar-refractivity contribution in [1.82, 2.24) is 40.0 Å². The molecule has 0 unspecified atom stereocenters. The number of hydrogen-bond acceptors (Lipinski definition) is 6. The number of nitrogens with one attached hydrogen (secondary N) is 3. The summed E-state index contributed by atoms with van der Waals surface area (Å²) in [6.07, 6.45) is 5.13. The topological polar surface area (TPSA) is 124 Å². The van der Waals surface area contributed by atoms with Gasteiger partial charge in [0, 0.05) is 24.5 Å². The fourth-order valence-corrected chi connectivity index (χ4v) is 2.69. The molecule has 26 heavy (non-hydrogen) atoms. The van der Waals surface area contributed by atoms with Gasteiger partial charge in [-0.25, -0.2) is 19.4 Å².